The van der Waals surface area contributed by atoms with E-state index in [1.54, 1.807) is 0 Å². The van der Waals surface area contributed by atoms with Gasteiger partial charge in [-0.2, -0.15) is 11.8 Å². The molecule has 2 rings (SSSR count). The molecule has 1 heterocycles. The molecule has 0 saturated carbocycles. The lowest BCUT2D eigenvalue weighted by Gasteiger charge is -2.34. The Labute approximate surface area is 130 Å². The molecule has 0 radical (unpaired) electrons. The average Bonchev–Trinajstić information content (AvgIpc) is 2.41. The van der Waals surface area contributed by atoms with E-state index in [4.69, 9.17) is 5.11 Å². The summed E-state index contributed by atoms with van der Waals surface area (Å²) < 4.78 is 13.7. The van der Waals surface area contributed by atoms with E-state index >= 15 is 0 Å². The Kier molecular flexibility index (Phi) is 6.10. The van der Waals surface area contributed by atoms with Gasteiger partial charge in [0, 0.05) is 36.6 Å². The third-order valence-electron chi connectivity index (χ3n) is 3.39. The molecule has 1 N–H and O–H groups in total. The SMILES string of the molecule is CC1CN(Cc2ccc(F)c(C#CCCO)c2)CC(C)S1. The minimum absolute atomic E-state index is 0.00946. The number of hydrogen-bond donors (Lipinski definition) is 1. The molecule has 1 aromatic carbocycles. The first kappa shape index (κ1) is 16.4. The molecule has 1 aliphatic heterocycles. The van der Waals surface area contributed by atoms with Gasteiger partial charge in [0.1, 0.15) is 5.82 Å². The van der Waals surface area contributed by atoms with E-state index in [9.17, 15) is 4.39 Å². The van der Waals surface area contributed by atoms with Gasteiger partial charge in [0.2, 0.25) is 0 Å². The number of aliphatic hydroxyl groups excluding tert-OH is 1. The fourth-order valence-electron chi connectivity index (χ4n) is 2.65. The van der Waals surface area contributed by atoms with Crippen LogP contribution >= 0.6 is 11.8 Å². The minimum atomic E-state index is -0.292. The van der Waals surface area contributed by atoms with Gasteiger partial charge in [0.05, 0.1) is 12.2 Å². The second kappa shape index (κ2) is 7.84. The van der Waals surface area contributed by atoms with Crippen molar-refractivity contribution in [2.24, 2.45) is 0 Å². The molecule has 4 heteroatoms. The Balaban J connectivity index is 2.07. The molecule has 0 aliphatic carbocycles. The van der Waals surface area contributed by atoms with Crippen molar-refractivity contribution in [3.05, 3.63) is 35.1 Å². The highest BCUT2D eigenvalue weighted by Crippen LogP contribution is 2.25. The van der Waals surface area contributed by atoms with Crippen molar-refractivity contribution >= 4 is 11.8 Å². The molecular formula is C17H22FNOS. The molecule has 1 saturated heterocycles. The maximum atomic E-state index is 13.7. The lowest BCUT2D eigenvalue weighted by atomic mass is 10.1. The zero-order valence-electron chi connectivity index (χ0n) is 12.6. The normalized spacial score (nSPS) is 22.7. The molecule has 1 aliphatic rings. The molecule has 2 unspecified atom stereocenters. The summed E-state index contributed by atoms with van der Waals surface area (Å²) in [6, 6.07) is 5.16. The van der Waals surface area contributed by atoms with Gasteiger partial charge < -0.3 is 5.11 Å². The van der Waals surface area contributed by atoms with Crippen molar-refractivity contribution in [2.45, 2.75) is 37.3 Å². The summed E-state index contributed by atoms with van der Waals surface area (Å²) in [5.74, 6) is 5.29. The summed E-state index contributed by atoms with van der Waals surface area (Å²) in [6.07, 6.45) is 0.377. The number of aliphatic hydroxyl groups is 1. The molecule has 0 amide bonds. The fraction of sp³-hybridized carbons (Fsp3) is 0.529. The Bertz CT molecular complexity index is 527. The quantitative estimate of drug-likeness (QED) is 0.869. The topological polar surface area (TPSA) is 23.5 Å². The van der Waals surface area contributed by atoms with E-state index in [2.05, 4.69) is 30.6 Å². The van der Waals surface area contributed by atoms with E-state index in [0.29, 0.717) is 22.5 Å². The van der Waals surface area contributed by atoms with Gasteiger partial charge in [0.15, 0.2) is 0 Å². The second-order valence-electron chi connectivity index (χ2n) is 5.54. The lowest BCUT2D eigenvalue weighted by molar-refractivity contribution is 0.263. The van der Waals surface area contributed by atoms with Gasteiger partial charge in [-0.3, -0.25) is 4.90 Å². The van der Waals surface area contributed by atoms with E-state index in [-0.39, 0.29) is 12.4 Å². The molecule has 114 valence electrons. The molecule has 0 bridgehead atoms. The molecule has 0 aromatic heterocycles. The maximum Gasteiger partial charge on any atom is 0.138 e. The number of benzene rings is 1. The highest BCUT2D eigenvalue weighted by Gasteiger charge is 2.22. The van der Waals surface area contributed by atoms with Crippen molar-refractivity contribution < 1.29 is 9.50 Å². The summed E-state index contributed by atoms with van der Waals surface area (Å²) in [6.45, 7) is 7.49. The number of halogens is 1. The van der Waals surface area contributed by atoms with Crippen molar-refractivity contribution in [3.63, 3.8) is 0 Å². The van der Waals surface area contributed by atoms with Crippen molar-refractivity contribution in [3.8, 4) is 11.8 Å². The summed E-state index contributed by atoms with van der Waals surface area (Å²) >= 11 is 2.03. The van der Waals surface area contributed by atoms with Gasteiger partial charge in [-0.1, -0.05) is 31.8 Å². The van der Waals surface area contributed by atoms with Crippen LogP contribution in [0.25, 0.3) is 0 Å². The molecule has 1 aromatic rings. The third kappa shape index (κ3) is 5.03. The van der Waals surface area contributed by atoms with Gasteiger partial charge in [0.25, 0.3) is 0 Å². The van der Waals surface area contributed by atoms with E-state index < -0.39 is 0 Å². The molecule has 2 atom stereocenters. The Morgan fingerprint density at radius 2 is 2.05 bits per heavy atom. The monoisotopic (exact) mass is 307 g/mol. The number of rotatable bonds is 3. The predicted octanol–water partition coefficient (Wildman–Crippen LogP) is 2.89. The third-order valence-corrected chi connectivity index (χ3v) is 4.62. The number of nitrogens with zero attached hydrogens (tertiary/aromatic N) is 1. The van der Waals surface area contributed by atoms with Crippen LogP contribution in [-0.4, -0.2) is 40.2 Å². The summed E-state index contributed by atoms with van der Waals surface area (Å²) in [7, 11) is 0. The summed E-state index contributed by atoms with van der Waals surface area (Å²) in [4.78, 5) is 2.42. The average molecular weight is 307 g/mol. The molecule has 0 spiro atoms. The van der Waals surface area contributed by atoms with E-state index in [0.717, 1.165) is 25.2 Å². The molecule has 1 fully saturated rings. The van der Waals surface area contributed by atoms with Crippen LogP contribution in [0, 0.1) is 17.7 Å². The first-order chi connectivity index (χ1) is 10.1. The first-order valence-corrected chi connectivity index (χ1v) is 8.28. The van der Waals surface area contributed by atoms with Crippen molar-refractivity contribution in [2.75, 3.05) is 19.7 Å². The van der Waals surface area contributed by atoms with Crippen LogP contribution in [0.4, 0.5) is 4.39 Å². The Morgan fingerprint density at radius 1 is 1.33 bits per heavy atom. The van der Waals surface area contributed by atoms with Gasteiger partial charge >= 0.3 is 0 Å². The van der Waals surface area contributed by atoms with Crippen LogP contribution in [-0.2, 0) is 6.54 Å². The van der Waals surface area contributed by atoms with Crippen LogP contribution in [0.2, 0.25) is 0 Å². The second-order valence-corrected chi connectivity index (χ2v) is 7.42. The highest BCUT2D eigenvalue weighted by molar-refractivity contribution is 8.00. The smallest absolute Gasteiger partial charge is 0.138 e. The Morgan fingerprint density at radius 3 is 2.71 bits per heavy atom. The van der Waals surface area contributed by atoms with Gasteiger partial charge in [-0.05, 0) is 17.7 Å². The zero-order valence-corrected chi connectivity index (χ0v) is 13.4. The lowest BCUT2D eigenvalue weighted by Crippen LogP contribution is -2.39. The van der Waals surface area contributed by atoms with Crippen LogP contribution in [0.3, 0.4) is 0 Å². The summed E-state index contributed by atoms with van der Waals surface area (Å²) in [5, 5.41) is 10.0. The van der Waals surface area contributed by atoms with E-state index in [1.165, 1.54) is 6.07 Å². The Hall–Kier alpha value is -1.02. The van der Waals surface area contributed by atoms with Gasteiger partial charge in [-0.15, -0.1) is 0 Å². The van der Waals surface area contributed by atoms with Crippen LogP contribution in [0.1, 0.15) is 31.4 Å². The van der Waals surface area contributed by atoms with Crippen LogP contribution in [0.5, 0.6) is 0 Å². The maximum absolute atomic E-state index is 13.7. The molecule has 21 heavy (non-hydrogen) atoms. The fourth-order valence-corrected chi connectivity index (χ4v) is 4.04. The summed E-state index contributed by atoms with van der Waals surface area (Å²) in [5.41, 5.74) is 1.52. The van der Waals surface area contributed by atoms with Crippen LogP contribution < -0.4 is 0 Å². The predicted molar refractivity (Wildman–Crippen MR) is 86.8 cm³/mol. The largest absolute Gasteiger partial charge is 0.395 e. The number of thioether (sulfide) groups is 1. The standard InChI is InChI=1S/C17H22FNOS/c1-13-10-19(11-14(2)21-13)12-15-6-7-17(18)16(9-15)5-3-4-8-20/h6-7,9,13-14,20H,4,8,10-12H2,1-2H3. The molecule has 2 nitrogen and oxygen atoms in total. The molecular weight excluding hydrogens is 285 g/mol. The highest BCUT2D eigenvalue weighted by atomic mass is 32.2. The van der Waals surface area contributed by atoms with Crippen molar-refractivity contribution in [1.29, 1.82) is 0 Å². The van der Waals surface area contributed by atoms with Crippen molar-refractivity contribution in [1.82, 2.24) is 4.90 Å². The van der Waals surface area contributed by atoms with E-state index in [1.807, 2.05) is 23.9 Å². The minimum Gasteiger partial charge on any atom is -0.395 e. The zero-order chi connectivity index (χ0) is 15.2. The first-order valence-electron chi connectivity index (χ1n) is 7.34. The number of hydrogen-bond acceptors (Lipinski definition) is 3. The van der Waals surface area contributed by atoms with Crippen LogP contribution in [0.15, 0.2) is 18.2 Å². The van der Waals surface area contributed by atoms with Gasteiger partial charge in [-0.25, -0.2) is 4.39 Å².